The zero-order valence-corrected chi connectivity index (χ0v) is 13.6. The molecule has 1 aromatic rings. The second-order valence-corrected chi connectivity index (χ2v) is 6.62. The summed E-state index contributed by atoms with van der Waals surface area (Å²) in [6.45, 7) is 5.49. The monoisotopic (exact) mass is 329 g/mol. The van der Waals surface area contributed by atoms with Crippen molar-refractivity contribution in [3.05, 3.63) is 29.3 Å². The second kappa shape index (κ2) is 9.30. The number of rotatable bonds is 7. The lowest BCUT2D eigenvalue weighted by Crippen LogP contribution is -3.14. The zero-order chi connectivity index (χ0) is 14.9. The van der Waals surface area contributed by atoms with Gasteiger partial charge in [0.1, 0.15) is 13.1 Å². The van der Waals surface area contributed by atoms with Crippen LogP contribution in [0.2, 0.25) is 5.02 Å². The van der Waals surface area contributed by atoms with Crippen LogP contribution in [0, 0.1) is 0 Å². The van der Waals surface area contributed by atoms with Gasteiger partial charge >= 0.3 is 0 Å². The first-order valence-corrected chi connectivity index (χ1v) is 8.67. The lowest BCUT2D eigenvalue weighted by Gasteiger charge is -2.23. The molecule has 1 heterocycles. The molecule has 0 spiro atoms. The molecule has 0 aliphatic carbocycles. The van der Waals surface area contributed by atoms with Crippen LogP contribution in [-0.2, 0) is 9.53 Å². The fourth-order valence-electron chi connectivity index (χ4n) is 2.17. The molecular weight excluding hydrogens is 308 g/mol. The van der Waals surface area contributed by atoms with Gasteiger partial charge in [0.15, 0.2) is 0 Å². The molecule has 2 rings (SSSR count). The Labute approximate surface area is 135 Å². The van der Waals surface area contributed by atoms with Crippen molar-refractivity contribution in [3.8, 4) is 0 Å². The van der Waals surface area contributed by atoms with Gasteiger partial charge in [-0.3, -0.25) is 4.79 Å². The first-order valence-electron chi connectivity index (χ1n) is 7.30. The third-order valence-corrected chi connectivity index (χ3v) is 4.68. The van der Waals surface area contributed by atoms with Crippen LogP contribution >= 0.6 is 23.4 Å². The van der Waals surface area contributed by atoms with Gasteiger partial charge in [-0.15, -0.1) is 11.8 Å². The van der Waals surface area contributed by atoms with Crippen molar-refractivity contribution in [2.75, 3.05) is 45.1 Å². The molecule has 0 radical (unpaired) electrons. The van der Waals surface area contributed by atoms with Gasteiger partial charge < -0.3 is 15.0 Å². The minimum Gasteiger partial charge on any atom is -0.370 e. The van der Waals surface area contributed by atoms with Crippen molar-refractivity contribution in [2.45, 2.75) is 11.3 Å². The van der Waals surface area contributed by atoms with Gasteiger partial charge in [-0.2, -0.15) is 0 Å². The molecule has 2 N–H and O–H groups in total. The van der Waals surface area contributed by atoms with Crippen molar-refractivity contribution >= 4 is 29.3 Å². The third kappa shape index (κ3) is 6.70. The number of quaternary nitrogens is 1. The fourth-order valence-corrected chi connectivity index (χ4v) is 3.15. The van der Waals surface area contributed by atoms with E-state index in [-0.39, 0.29) is 5.91 Å². The molecular formula is C15H22ClN2O2S+. The highest BCUT2D eigenvalue weighted by molar-refractivity contribution is 7.99. The van der Waals surface area contributed by atoms with Crippen molar-refractivity contribution in [1.82, 2.24) is 5.32 Å². The van der Waals surface area contributed by atoms with Gasteiger partial charge in [0.05, 0.1) is 26.3 Å². The molecule has 0 bridgehead atoms. The molecule has 6 heteroatoms. The number of carbonyl (C=O) groups is 1. The van der Waals surface area contributed by atoms with Crippen LogP contribution in [0.1, 0.15) is 6.42 Å². The summed E-state index contributed by atoms with van der Waals surface area (Å²) in [5.41, 5.74) is 0. The van der Waals surface area contributed by atoms with E-state index in [2.05, 4.69) is 5.32 Å². The topological polar surface area (TPSA) is 42.8 Å². The Bertz CT molecular complexity index is 436. The molecule has 116 valence electrons. The Morgan fingerprint density at radius 2 is 2.00 bits per heavy atom. The van der Waals surface area contributed by atoms with E-state index >= 15 is 0 Å². The lowest BCUT2D eigenvalue weighted by molar-refractivity contribution is -0.906. The van der Waals surface area contributed by atoms with Gasteiger partial charge in [0.25, 0.3) is 0 Å². The number of ether oxygens (including phenoxy) is 1. The summed E-state index contributed by atoms with van der Waals surface area (Å²) in [5, 5.41) is 3.73. The van der Waals surface area contributed by atoms with E-state index in [1.165, 1.54) is 4.90 Å². The number of thioether (sulfide) groups is 1. The highest BCUT2D eigenvalue weighted by atomic mass is 35.5. The number of morpholine rings is 1. The number of amides is 1. The number of nitrogens with one attached hydrogen (secondary N) is 2. The molecule has 0 atom stereocenters. The SMILES string of the molecule is O=C(CCSc1ccc(Cl)cc1)NCC[NH+]1CCOCC1. The Kier molecular flexibility index (Phi) is 7.36. The summed E-state index contributed by atoms with van der Waals surface area (Å²) in [6, 6.07) is 7.70. The molecule has 1 aliphatic heterocycles. The smallest absolute Gasteiger partial charge is 0.221 e. The number of benzene rings is 1. The molecule has 21 heavy (non-hydrogen) atoms. The predicted molar refractivity (Wildman–Crippen MR) is 86.2 cm³/mol. The summed E-state index contributed by atoms with van der Waals surface area (Å²) in [6.07, 6.45) is 0.547. The highest BCUT2D eigenvalue weighted by Crippen LogP contribution is 2.20. The fraction of sp³-hybridized carbons (Fsp3) is 0.533. The van der Waals surface area contributed by atoms with Crippen LogP contribution in [0.5, 0.6) is 0 Å². The summed E-state index contributed by atoms with van der Waals surface area (Å²) >= 11 is 7.51. The van der Waals surface area contributed by atoms with Crippen LogP contribution < -0.4 is 10.2 Å². The maximum Gasteiger partial charge on any atom is 0.221 e. The van der Waals surface area contributed by atoms with Crippen LogP contribution in [0.25, 0.3) is 0 Å². The molecule has 1 amide bonds. The molecule has 1 saturated heterocycles. The second-order valence-electron chi connectivity index (χ2n) is 5.01. The quantitative estimate of drug-likeness (QED) is 0.729. The van der Waals surface area contributed by atoms with Crippen molar-refractivity contribution in [3.63, 3.8) is 0 Å². The largest absolute Gasteiger partial charge is 0.370 e. The maximum atomic E-state index is 11.7. The average Bonchev–Trinajstić information content (AvgIpc) is 2.50. The molecule has 0 saturated carbocycles. The van der Waals surface area contributed by atoms with Crippen LogP contribution in [0.4, 0.5) is 0 Å². The van der Waals surface area contributed by atoms with Crippen LogP contribution in [-0.4, -0.2) is 51.1 Å². The number of hydrogen-bond donors (Lipinski definition) is 2. The third-order valence-electron chi connectivity index (χ3n) is 3.41. The Morgan fingerprint density at radius 1 is 1.29 bits per heavy atom. The van der Waals surface area contributed by atoms with E-state index in [1.54, 1.807) is 11.8 Å². The van der Waals surface area contributed by atoms with E-state index in [0.717, 1.165) is 55.1 Å². The van der Waals surface area contributed by atoms with Crippen molar-refractivity contribution < 1.29 is 14.4 Å². The van der Waals surface area contributed by atoms with Gasteiger partial charge in [0.2, 0.25) is 5.91 Å². The van der Waals surface area contributed by atoms with Crippen molar-refractivity contribution in [2.24, 2.45) is 0 Å². The Hall–Kier alpha value is -0.750. The molecule has 1 aliphatic rings. The van der Waals surface area contributed by atoms with E-state index in [4.69, 9.17) is 16.3 Å². The maximum absolute atomic E-state index is 11.7. The number of halogens is 1. The molecule has 0 aromatic heterocycles. The highest BCUT2D eigenvalue weighted by Gasteiger charge is 2.13. The predicted octanol–water partition coefficient (Wildman–Crippen LogP) is 0.853. The van der Waals surface area contributed by atoms with E-state index in [0.29, 0.717) is 6.42 Å². The molecule has 1 fully saturated rings. The van der Waals surface area contributed by atoms with Gasteiger partial charge in [-0.1, -0.05) is 11.6 Å². The molecule has 4 nitrogen and oxygen atoms in total. The summed E-state index contributed by atoms with van der Waals surface area (Å²) in [4.78, 5) is 14.4. The van der Waals surface area contributed by atoms with E-state index in [1.807, 2.05) is 24.3 Å². The van der Waals surface area contributed by atoms with Gasteiger partial charge in [-0.05, 0) is 24.3 Å². The summed E-state index contributed by atoms with van der Waals surface area (Å²) in [7, 11) is 0. The molecule has 0 unspecified atom stereocenters. The first kappa shape index (κ1) is 16.6. The van der Waals surface area contributed by atoms with E-state index in [9.17, 15) is 4.79 Å². The average molecular weight is 330 g/mol. The van der Waals surface area contributed by atoms with Gasteiger partial charge in [0, 0.05) is 22.1 Å². The van der Waals surface area contributed by atoms with Gasteiger partial charge in [-0.25, -0.2) is 0 Å². The molecule has 1 aromatic carbocycles. The minimum atomic E-state index is 0.129. The normalized spacial score (nSPS) is 15.9. The summed E-state index contributed by atoms with van der Waals surface area (Å²) in [5.74, 6) is 0.918. The lowest BCUT2D eigenvalue weighted by atomic mass is 10.4. The Morgan fingerprint density at radius 3 is 2.71 bits per heavy atom. The number of carbonyl (C=O) groups excluding carboxylic acids is 1. The summed E-state index contributed by atoms with van der Waals surface area (Å²) < 4.78 is 5.31. The van der Waals surface area contributed by atoms with Crippen LogP contribution in [0.15, 0.2) is 29.2 Å². The van der Waals surface area contributed by atoms with Crippen LogP contribution in [0.3, 0.4) is 0 Å². The van der Waals surface area contributed by atoms with E-state index < -0.39 is 0 Å². The number of hydrogen-bond acceptors (Lipinski definition) is 3. The zero-order valence-electron chi connectivity index (χ0n) is 12.1. The van der Waals surface area contributed by atoms with Crippen molar-refractivity contribution in [1.29, 1.82) is 0 Å². The standard InChI is InChI=1S/C15H21ClN2O2S/c16-13-1-3-14(4-2-13)21-12-5-15(19)17-6-7-18-8-10-20-11-9-18/h1-4H,5-12H2,(H,17,19)/p+1. The first-order chi connectivity index (χ1) is 10.2. The minimum absolute atomic E-state index is 0.129. The Balaban J connectivity index is 1.54.